The Morgan fingerprint density at radius 3 is 2.75 bits per heavy atom. The van der Waals surface area contributed by atoms with Gasteiger partial charge in [-0.3, -0.25) is 9.59 Å². The Kier molecular flexibility index (Phi) is 6.14. The molecule has 148 valence electrons. The zero-order valence-corrected chi connectivity index (χ0v) is 17.2. The van der Waals surface area contributed by atoms with Crippen LogP contribution in [-0.2, 0) is 6.54 Å². The highest BCUT2D eigenvalue weighted by Crippen LogP contribution is 2.31. The maximum Gasteiger partial charge on any atom is 0.268 e. The van der Waals surface area contributed by atoms with Gasteiger partial charge in [0.2, 0.25) is 0 Å². The number of rotatable bonds is 8. The molecule has 0 saturated heterocycles. The van der Waals surface area contributed by atoms with Crippen molar-refractivity contribution in [2.45, 2.75) is 40.2 Å². The molecule has 7 heteroatoms. The third-order valence-electron chi connectivity index (χ3n) is 4.37. The van der Waals surface area contributed by atoms with E-state index in [1.807, 2.05) is 18.2 Å². The molecular formula is C21H25N3O3S. The van der Waals surface area contributed by atoms with Crippen molar-refractivity contribution in [3.05, 3.63) is 45.8 Å². The minimum Gasteiger partial charge on any atom is -0.491 e. The summed E-state index contributed by atoms with van der Waals surface area (Å²) in [6, 6.07) is 5.56. The maximum absolute atomic E-state index is 12.9. The molecule has 28 heavy (non-hydrogen) atoms. The number of fused-ring (bicyclic) bond motifs is 1. The second-order valence-corrected chi connectivity index (χ2v) is 8.07. The first-order valence-electron chi connectivity index (χ1n) is 9.46. The summed E-state index contributed by atoms with van der Waals surface area (Å²) in [6.07, 6.45) is 3.78. The number of hydrogen-bond donors (Lipinski definition) is 1. The molecule has 0 saturated carbocycles. The van der Waals surface area contributed by atoms with Crippen molar-refractivity contribution in [3.63, 3.8) is 0 Å². The van der Waals surface area contributed by atoms with Crippen molar-refractivity contribution in [3.8, 4) is 16.3 Å². The van der Waals surface area contributed by atoms with Gasteiger partial charge in [-0.1, -0.05) is 33.3 Å². The summed E-state index contributed by atoms with van der Waals surface area (Å²) in [5, 5.41) is 3.70. The van der Waals surface area contributed by atoms with E-state index in [1.54, 1.807) is 16.1 Å². The highest BCUT2D eigenvalue weighted by molar-refractivity contribution is 7.13. The Balaban J connectivity index is 2.12. The van der Waals surface area contributed by atoms with Crippen LogP contribution in [0.4, 0.5) is 0 Å². The molecular weight excluding hydrogens is 374 g/mol. The minimum atomic E-state index is -0.552. The van der Waals surface area contributed by atoms with E-state index < -0.39 is 5.91 Å². The Bertz CT molecular complexity index is 1050. The molecule has 0 unspecified atom stereocenters. The summed E-state index contributed by atoms with van der Waals surface area (Å²) in [6.45, 7) is 7.50. The predicted octanol–water partition coefficient (Wildman–Crippen LogP) is 4.06. The van der Waals surface area contributed by atoms with Crippen molar-refractivity contribution in [1.82, 2.24) is 9.55 Å². The highest BCUT2D eigenvalue weighted by Gasteiger charge is 2.14. The van der Waals surface area contributed by atoms with Gasteiger partial charge in [-0.25, -0.2) is 4.98 Å². The van der Waals surface area contributed by atoms with Crippen LogP contribution in [0.1, 0.15) is 44.1 Å². The molecule has 1 aromatic carbocycles. The van der Waals surface area contributed by atoms with Gasteiger partial charge in [-0.15, -0.1) is 11.3 Å². The topological polar surface area (TPSA) is 87.2 Å². The average Bonchev–Trinajstić information content (AvgIpc) is 3.15. The molecule has 0 radical (unpaired) electrons. The third-order valence-corrected chi connectivity index (χ3v) is 5.26. The van der Waals surface area contributed by atoms with Crippen molar-refractivity contribution in [2.24, 2.45) is 11.7 Å². The quantitative estimate of drug-likeness (QED) is 0.579. The number of carbonyl (C=O) groups excluding carboxylic acids is 1. The lowest BCUT2D eigenvalue weighted by Crippen LogP contribution is -2.22. The molecule has 3 rings (SSSR count). The first-order chi connectivity index (χ1) is 13.4. The number of benzene rings is 1. The molecule has 3 aromatic rings. The summed E-state index contributed by atoms with van der Waals surface area (Å²) >= 11 is 1.35. The fraction of sp³-hybridized carbons (Fsp3) is 0.381. The van der Waals surface area contributed by atoms with Gasteiger partial charge in [0.05, 0.1) is 12.0 Å². The Hall–Kier alpha value is -2.67. The van der Waals surface area contributed by atoms with Gasteiger partial charge in [-0.2, -0.15) is 0 Å². The second kappa shape index (κ2) is 8.56. The van der Waals surface area contributed by atoms with E-state index in [4.69, 9.17) is 10.5 Å². The molecule has 0 aliphatic heterocycles. The number of primary amides is 1. The molecule has 0 aliphatic rings. The number of carbonyl (C=O) groups is 1. The van der Waals surface area contributed by atoms with Crippen LogP contribution >= 0.6 is 11.3 Å². The van der Waals surface area contributed by atoms with Crippen LogP contribution in [0.3, 0.4) is 0 Å². The molecule has 2 heterocycles. The van der Waals surface area contributed by atoms with Crippen LogP contribution in [-0.4, -0.2) is 22.1 Å². The Labute approximate surface area is 168 Å². The molecule has 0 atom stereocenters. The van der Waals surface area contributed by atoms with Gasteiger partial charge in [-0.05, 0) is 24.5 Å². The number of nitrogens with two attached hydrogens (primary N) is 1. The molecule has 0 fully saturated rings. The van der Waals surface area contributed by atoms with Crippen molar-refractivity contribution in [2.75, 3.05) is 6.61 Å². The van der Waals surface area contributed by atoms with Crippen LogP contribution in [0.25, 0.3) is 21.3 Å². The number of pyridine rings is 1. The zero-order valence-electron chi connectivity index (χ0n) is 16.4. The van der Waals surface area contributed by atoms with Crippen molar-refractivity contribution >= 4 is 28.0 Å². The van der Waals surface area contributed by atoms with E-state index in [-0.39, 0.29) is 11.3 Å². The molecule has 2 aromatic heterocycles. The first-order valence-corrected chi connectivity index (χ1v) is 10.3. The summed E-state index contributed by atoms with van der Waals surface area (Å²) in [4.78, 5) is 28.5. The fourth-order valence-corrected chi connectivity index (χ4v) is 3.79. The normalized spacial score (nSPS) is 11.3. The van der Waals surface area contributed by atoms with Gasteiger partial charge >= 0.3 is 0 Å². The lowest BCUT2D eigenvalue weighted by Gasteiger charge is -2.15. The molecule has 0 aliphatic carbocycles. The van der Waals surface area contributed by atoms with Gasteiger partial charge in [0, 0.05) is 29.1 Å². The highest BCUT2D eigenvalue weighted by atomic mass is 32.1. The van der Waals surface area contributed by atoms with E-state index in [0.29, 0.717) is 35.2 Å². The second-order valence-electron chi connectivity index (χ2n) is 7.21. The standard InChI is InChI=1S/C21H25N3O3S/c1-4-5-8-27-18-11-24(10-13(2)3)21(26)15-7-6-14(9-16(15)18)20-23-17(12-28-20)19(22)25/h6-7,9,11-13H,4-5,8,10H2,1-3H3,(H2,22,25). The number of unbranched alkanes of at least 4 members (excludes halogenated alkanes) is 1. The van der Waals surface area contributed by atoms with Crippen LogP contribution in [0.15, 0.2) is 34.6 Å². The van der Waals surface area contributed by atoms with E-state index in [0.717, 1.165) is 23.8 Å². The summed E-state index contributed by atoms with van der Waals surface area (Å²) in [5.74, 6) is 0.487. The number of aromatic nitrogens is 2. The molecule has 0 spiro atoms. The Morgan fingerprint density at radius 1 is 1.32 bits per heavy atom. The average molecular weight is 400 g/mol. The first kappa shape index (κ1) is 20.1. The van der Waals surface area contributed by atoms with E-state index in [2.05, 4.69) is 25.8 Å². The molecule has 0 bridgehead atoms. The van der Waals surface area contributed by atoms with E-state index >= 15 is 0 Å². The lowest BCUT2D eigenvalue weighted by molar-refractivity contribution is 0.0996. The Morgan fingerprint density at radius 2 is 2.11 bits per heavy atom. The fourth-order valence-electron chi connectivity index (χ4n) is 2.98. The summed E-state index contributed by atoms with van der Waals surface area (Å²) in [7, 11) is 0. The van der Waals surface area contributed by atoms with Gasteiger partial charge < -0.3 is 15.0 Å². The predicted molar refractivity (Wildman–Crippen MR) is 113 cm³/mol. The lowest BCUT2D eigenvalue weighted by atomic mass is 10.1. The number of ether oxygens (including phenoxy) is 1. The van der Waals surface area contributed by atoms with E-state index in [1.165, 1.54) is 11.3 Å². The number of hydrogen-bond acceptors (Lipinski definition) is 5. The molecule has 6 nitrogen and oxygen atoms in total. The molecule has 1 amide bonds. The SMILES string of the molecule is CCCCOc1cn(CC(C)C)c(=O)c2ccc(-c3nc(C(N)=O)cs3)cc12. The summed E-state index contributed by atoms with van der Waals surface area (Å²) in [5.41, 5.74) is 6.34. The number of thiazole rings is 1. The van der Waals surface area contributed by atoms with Gasteiger partial charge in [0.25, 0.3) is 11.5 Å². The smallest absolute Gasteiger partial charge is 0.268 e. The number of amides is 1. The van der Waals surface area contributed by atoms with E-state index in [9.17, 15) is 9.59 Å². The zero-order chi connectivity index (χ0) is 20.3. The van der Waals surface area contributed by atoms with Crippen LogP contribution < -0.4 is 16.0 Å². The van der Waals surface area contributed by atoms with Gasteiger partial charge in [0.1, 0.15) is 16.5 Å². The monoisotopic (exact) mass is 399 g/mol. The van der Waals surface area contributed by atoms with Crippen molar-refractivity contribution in [1.29, 1.82) is 0 Å². The minimum absolute atomic E-state index is 0.0324. The maximum atomic E-state index is 12.9. The van der Waals surface area contributed by atoms with Crippen LogP contribution in [0.2, 0.25) is 0 Å². The van der Waals surface area contributed by atoms with Crippen LogP contribution in [0.5, 0.6) is 5.75 Å². The molecule has 2 N–H and O–H groups in total. The number of nitrogens with zero attached hydrogens (tertiary/aromatic N) is 2. The van der Waals surface area contributed by atoms with Gasteiger partial charge in [0.15, 0.2) is 0 Å². The summed E-state index contributed by atoms with van der Waals surface area (Å²) < 4.78 is 7.75. The van der Waals surface area contributed by atoms with Crippen molar-refractivity contribution < 1.29 is 9.53 Å². The largest absolute Gasteiger partial charge is 0.491 e. The third kappa shape index (κ3) is 4.25. The van der Waals surface area contributed by atoms with Crippen LogP contribution in [0, 0.1) is 5.92 Å².